The maximum atomic E-state index is 4.59. The zero-order valence-corrected chi connectivity index (χ0v) is 14.7. The molecule has 0 N–H and O–H groups in total. The van der Waals surface area contributed by atoms with Gasteiger partial charge in [-0.2, -0.15) is 0 Å². The van der Waals surface area contributed by atoms with Crippen LogP contribution in [0.4, 0.5) is 0 Å². The van der Waals surface area contributed by atoms with Crippen LogP contribution >= 0.6 is 0 Å². The number of nitrogens with zero attached hydrogens (tertiary/aromatic N) is 1. The molecule has 23 heavy (non-hydrogen) atoms. The molecule has 1 nitrogen and oxygen atoms in total. The van der Waals surface area contributed by atoms with Crippen LogP contribution in [0.15, 0.2) is 60.5 Å². The molecular formula is C22H28N+. The highest BCUT2D eigenvalue weighted by atomic mass is 15.5. The molecule has 0 amide bonds. The number of allylic oxidation sites excluding steroid dienone is 2. The van der Waals surface area contributed by atoms with Crippen LogP contribution in [-0.4, -0.2) is 10.5 Å². The van der Waals surface area contributed by atoms with E-state index in [1.54, 1.807) is 0 Å². The van der Waals surface area contributed by atoms with Gasteiger partial charge in [0, 0.05) is 5.56 Å². The van der Waals surface area contributed by atoms with Crippen molar-refractivity contribution in [3.63, 3.8) is 0 Å². The van der Waals surface area contributed by atoms with Gasteiger partial charge in [-0.15, -0.1) is 0 Å². The largest absolute Gasteiger partial charge is 0.255 e. The predicted octanol–water partition coefficient (Wildman–Crippen LogP) is 5.77. The number of benzene rings is 1. The van der Waals surface area contributed by atoms with Gasteiger partial charge in [-0.3, -0.25) is 4.48 Å². The minimum atomic E-state index is 0.173. The lowest BCUT2D eigenvalue weighted by atomic mass is 9.54. The molecule has 4 aliphatic heterocycles. The Labute approximate surface area is 140 Å². The molecular weight excluding hydrogens is 278 g/mol. The summed E-state index contributed by atoms with van der Waals surface area (Å²) in [5, 5.41) is 0. The fraction of sp³-hybridized carbons (Fsp3) is 0.455. The van der Waals surface area contributed by atoms with Gasteiger partial charge in [0.1, 0.15) is 29.4 Å². The van der Waals surface area contributed by atoms with Crippen molar-refractivity contribution in [3.8, 4) is 0 Å². The number of quaternary nitrogens is 1. The van der Waals surface area contributed by atoms with Gasteiger partial charge in [0.25, 0.3) is 0 Å². The highest BCUT2D eigenvalue weighted by Gasteiger charge is 2.72. The van der Waals surface area contributed by atoms with Gasteiger partial charge in [-0.25, -0.2) is 0 Å². The first-order valence-corrected chi connectivity index (χ1v) is 9.20. The Morgan fingerprint density at radius 1 is 1.22 bits per heavy atom. The molecule has 5 rings (SSSR count). The van der Waals surface area contributed by atoms with Crippen molar-refractivity contribution in [1.82, 2.24) is 0 Å². The van der Waals surface area contributed by atoms with Crippen molar-refractivity contribution in [2.24, 2.45) is 0 Å². The number of hydrogen-bond donors (Lipinski definition) is 0. The van der Waals surface area contributed by atoms with E-state index in [4.69, 9.17) is 0 Å². The van der Waals surface area contributed by atoms with Crippen molar-refractivity contribution in [2.45, 2.75) is 64.0 Å². The van der Waals surface area contributed by atoms with Gasteiger partial charge in [0.15, 0.2) is 0 Å². The number of unbranched alkanes of at least 4 members (excludes halogenated alkanes) is 1. The Kier molecular flexibility index (Phi) is 3.22. The summed E-state index contributed by atoms with van der Waals surface area (Å²) < 4.78 is 0.959. The highest BCUT2D eigenvalue weighted by Crippen LogP contribution is 2.67. The molecule has 0 aromatic heterocycles. The third kappa shape index (κ3) is 1.57. The van der Waals surface area contributed by atoms with Crippen molar-refractivity contribution >= 4 is 0 Å². The molecule has 1 heteroatoms. The van der Waals surface area contributed by atoms with Crippen LogP contribution in [0.25, 0.3) is 0 Å². The predicted molar refractivity (Wildman–Crippen MR) is 96.8 cm³/mol. The molecule has 1 spiro atoms. The van der Waals surface area contributed by atoms with Gasteiger partial charge >= 0.3 is 0 Å². The molecule has 0 radical (unpaired) electrons. The van der Waals surface area contributed by atoms with Crippen molar-refractivity contribution < 1.29 is 4.48 Å². The van der Waals surface area contributed by atoms with Crippen LogP contribution in [-0.2, 0) is 5.41 Å². The van der Waals surface area contributed by atoms with Crippen LogP contribution in [0.2, 0.25) is 0 Å². The zero-order chi connectivity index (χ0) is 16.2. The summed E-state index contributed by atoms with van der Waals surface area (Å²) in [7, 11) is 0. The van der Waals surface area contributed by atoms with E-state index in [-0.39, 0.29) is 5.41 Å². The molecule has 0 aliphatic carbocycles. The lowest BCUT2D eigenvalue weighted by Gasteiger charge is -2.68. The first-order chi connectivity index (χ1) is 11.1. The molecule has 1 saturated heterocycles. The molecule has 4 aliphatic rings. The molecule has 120 valence electrons. The van der Waals surface area contributed by atoms with Crippen molar-refractivity contribution in [2.75, 3.05) is 0 Å². The summed E-state index contributed by atoms with van der Waals surface area (Å²) in [5.41, 5.74) is 6.14. The Bertz CT molecular complexity index is 725. The smallest absolute Gasteiger partial charge is 0.143 e. The number of hydrogen-bond acceptors (Lipinski definition) is 0. The van der Waals surface area contributed by atoms with Crippen molar-refractivity contribution in [3.05, 3.63) is 71.6 Å². The minimum absolute atomic E-state index is 0.173. The van der Waals surface area contributed by atoms with E-state index in [0.29, 0.717) is 12.1 Å². The minimum Gasteiger partial charge on any atom is -0.255 e. The van der Waals surface area contributed by atoms with Crippen molar-refractivity contribution in [1.29, 1.82) is 0 Å². The summed E-state index contributed by atoms with van der Waals surface area (Å²) in [6.07, 6.45) is 12.2. The van der Waals surface area contributed by atoms with Gasteiger partial charge in [-0.05, 0) is 56.1 Å². The maximum absolute atomic E-state index is 4.59. The van der Waals surface area contributed by atoms with Gasteiger partial charge < -0.3 is 0 Å². The Morgan fingerprint density at radius 3 is 2.70 bits per heavy atom. The number of rotatable bonds is 4. The Morgan fingerprint density at radius 2 is 2.00 bits per heavy atom. The molecule has 4 unspecified atom stereocenters. The van der Waals surface area contributed by atoms with E-state index in [1.807, 2.05) is 0 Å². The average Bonchev–Trinajstić information content (AvgIpc) is 2.61. The molecule has 4 heterocycles. The summed E-state index contributed by atoms with van der Waals surface area (Å²) >= 11 is 0. The highest BCUT2D eigenvalue weighted by molar-refractivity contribution is 5.52. The van der Waals surface area contributed by atoms with E-state index < -0.39 is 0 Å². The Hall–Kier alpha value is -1.60. The molecule has 1 aromatic rings. The van der Waals surface area contributed by atoms with E-state index in [9.17, 15) is 0 Å². The summed E-state index contributed by atoms with van der Waals surface area (Å²) in [5.74, 6) is 0. The van der Waals surface area contributed by atoms with E-state index in [1.165, 1.54) is 41.7 Å². The van der Waals surface area contributed by atoms with E-state index in [0.717, 1.165) is 10.9 Å². The standard InChI is InChI=1S/C22H28N/c1-5-7-10-18-13-14-23-16(3)22(6-2,17(23)4)20-12-9-8-11-19(20)21(23)15-18/h8-9,11-15,17,21H,3,5-7,10H2,1-2,4H3/q+1. The van der Waals surface area contributed by atoms with Crippen LogP contribution in [0.3, 0.4) is 0 Å². The SMILES string of the molecule is C=C1C2(CC)c3ccccc3C3C=C(CCCC)C=C[N+]13C2C. The van der Waals surface area contributed by atoms with Gasteiger partial charge in [0.05, 0.1) is 0 Å². The summed E-state index contributed by atoms with van der Waals surface area (Å²) in [6.45, 7) is 11.6. The lowest BCUT2D eigenvalue weighted by molar-refractivity contribution is -0.943. The van der Waals surface area contributed by atoms with Crippen LogP contribution in [0, 0.1) is 0 Å². The second-order valence-electron chi connectivity index (χ2n) is 7.48. The van der Waals surface area contributed by atoms with E-state index in [2.05, 4.69) is 70.0 Å². The third-order valence-electron chi connectivity index (χ3n) is 6.84. The molecule has 0 saturated carbocycles. The third-order valence-corrected chi connectivity index (χ3v) is 6.84. The monoisotopic (exact) mass is 306 g/mol. The zero-order valence-electron chi connectivity index (χ0n) is 14.7. The maximum Gasteiger partial charge on any atom is 0.143 e. The van der Waals surface area contributed by atoms with Crippen LogP contribution < -0.4 is 0 Å². The fourth-order valence-electron chi connectivity index (χ4n) is 5.54. The van der Waals surface area contributed by atoms with Gasteiger partial charge in [0.2, 0.25) is 0 Å². The first-order valence-electron chi connectivity index (χ1n) is 9.20. The fourth-order valence-corrected chi connectivity index (χ4v) is 5.54. The lowest BCUT2D eigenvalue weighted by Crippen LogP contribution is -2.76. The molecule has 2 bridgehead atoms. The molecule has 1 aromatic carbocycles. The van der Waals surface area contributed by atoms with Crippen LogP contribution in [0.1, 0.15) is 63.6 Å². The summed E-state index contributed by atoms with van der Waals surface area (Å²) in [4.78, 5) is 0. The first kappa shape index (κ1) is 15.0. The molecule has 1 fully saturated rings. The normalized spacial score (nSPS) is 36.8. The Balaban J connectivity index is 1.88. The topological polar surface area (TPSA) is 0 Å². The summed E-state index contributed by atoms with van der Waals surface area (Å²) in [6, 6.07) is 10.1. The quantitative estimate of drug-likeness (QED) is 0.620. The second-order valence-corrected chi connectivity index (χ2v) is 7.48. The van der Waals surface area contributed by atoms with Gasteiger partial charge in [-0.1, -0.05) is 44.5 Å². The molecule has 4 atom stereocenters. The average molecular weight is 306 g/mol. The van der Waals surface area contributed by atoms with Crippen LogP contribution in [0.5, 0.6) is 0 Å². The van der Waals surface area contributed by atoms with E-state index >= 15 is 0 Å². The second kappa shape index (κ2) is 4.95.